The molecule has 1 aliphatic heterocycles. The number of nitrogens with zero attached hydrogens (tertiary/aromatic N) is 1. The van der Waals surface area contributed by atoms with Crippen molar-refractivity contribution in [3.63, 3.8) is 0 Å². The molecule has 2 aromatic rings. The summed E-state index contributed by atoms with van der Waals surface area (Å²) in [5.74, 6) is 0.907. The molecule has 2 atom stereocenters. The summed E-state index contributed by atoms with van der Waals surface area (Å²) in [4.78, 5) is 2.38. The lowest BCUT2D eigenvalue weighted by Gasteiger charge is -2.44. The molecule has 1 N–H and O–H groups in total. The van der Waals surface area contributed by atoms with Crippen molar-refractivity contribution in [2.24, 2.45) is 5.92 Å². The fourth-order valence-corrected chi connectivity index (χ4v) is 3.93. The number of ether oxygens (including phenoxy) is 2. The lowest BCUT2D eigenvalue weighted by Crippen LogP contribution is -2.58. The third-order valence-electron chi connectivity index (χ3n) is 5.70. The lowest BCUT2D eigenvalue weighted by molar-refractivity contribution is -0.163. The van der Waals surface area contributed by atoms with Crippen molar-refractivity contribution in [3.05, 3.63) is 65.7 Å². The summed E-state index contributed by atoms with van der Waals surface area (Å²) >= 11 is 0. The van der Waals surface area contributed by atoms with Crippen LogP contribution in [0.4, 0.5) is 0 Å². The van der Waals surface area contributed by atoms with Crippen LogP contribution in [-0.2, 0) is 17.7 Å². The normalized spacial score (nSPS) is 20.1. The molecule has 0 radical (unpaired) electrons. The van der Waals surface area contributed by atoms with Gasteiger partial charge in [0.25, 0.3) is 0 Å². The van der Waals surface area contributed by atoms with E-state index in [9.17, 15) is 5.11 Å². The largest absolute Gasteiger partial charge is 0.494 e. The standard InChI is InChI=1S/C24H33NO3/c1-4-27-22-13-9-8-12-21(22)16-24(26,19(2)3)23-18-25(14-15-28-23)17-20-10-6-5-7-11-20/h5-13,19,23,26H,4,14-18H2,1-3H3. The van der Waals surface area contributed by atoms with Gasteiger partial charge in [0, 0.05) is 26.1 Å². The summed E-state index contributed by atoms with van der Waals surface area (Å²) in [5, 5.41) is 11.7. The van der Waals surface area contributed by atoms with E-state index in [0.29, 0.717) is 19.6 Å². The van der Waals surface area contributed by atoms with E-state index in [0.717, 1.165) is 30.9 Å². The molecular formula is C24H33NO3. The fourth-order valence-electron chi connectivity index (χ4n) is 3.93. The molecule has 0 bridgehead atoms. The SMILES string of the molecule is CCOc1ccccc1CC(O)(C(C)C)C1CN(Cc2ccccc2)CCO1. The molecule has 1 saturated heterocycles. The number of morpholine rings is 1. The predicted octanol–water partition coefficient (Wildman–Crippen LogP) is 3.92. The highest BCUT2D eigenvalue weighted by atomic mass is 16.5. The minimum absolute atomic E-state index is 0.0591. The van der Waals surface area contributed by atoms with E-state index in [1.165, 1.54) is 5.56 Å². The first-order chi connectivity index (χ1) is 13.5. The van der Waals surface area contributed by atoms with Gasteiger partial charge in [-0.2, -0.15) is 0 Å². The Kier molecular flexibility index (Phi) is 7.11. The molecule has 152 valence electrons. The number of rotatable bonds is 8. The van der Waals surface area contributed by atoms with E-state index >= 15 is 0 Å². The van der Waals surface area contributed by atoms with Crippen molar-refractivity contribution in [2.45, 2.75) is 45.4 Å². The molecule has 1 fully saturated rings. The van der Waals surface area contributed by atoms with Crippen LogP contribution >= 0.6 is 0 Å². The molecular weight excluding hydrogens is 350 g/mol. The van der Waals surface area contributed by atoms with Crippen LogP contribution in [0.3, 0.4) is 0 Å². The van der Waals surface area contributed by atoms with E-state index < -0.39 is 5.60 Å². The smallest absolute Gasteiger partial charge is 0.122 e. The summed E-state index contributed by atoms with van der Waals surface area (Å²) in [6.07, 6.45) is 0.282. The maximum Gasteiger partial charge on any atom is 0.122 e. The Morgan fingerprint density at radius 3 is 2.57 bits per heavy atom. The van der Waals surface area contributed by atoms with Gasteiger partial charge in [0.15, 0.2) is 0 Å². The summed E-state index contributed by atoms with van der Waals surface area (Å²) in [5.41, 5.74) is 1.37. The van der Waals surface area contributed by atoms with Crippen molar-refractivity contribution >= 4 is 0 Å². The molecule has 1 heterocycles. The Morgan fingerprint density at radius 1 is 1.14 bits per heavy atom. The highest BCUT2D eigenvalue weighted by Gasteiger charge is 2.43. The molecule has 28 heavy (non-hydrogen) atoms. The highest BCUT2D eigenvalue weighted by Crippen LogP contribution is 2.33. The van der Waals surface area contributed by atoms with Gasteiger partial charge < -0.3 is 14.6 Å². The lowest BCUT2D eigenvalue weighted by atomic mass is 9.79. The Bertz CT molecular complexity index is 734. The Labute approximate surface area is 169 Å². The van der Waals surface area contributed by atoms with Gasteiger partial charge >= 0.3 is 0 Å². The number of hydrogen-bond donors (Lipinski definition) is 1. The van der Waals surface area contributed by atoms with E-state index in [-0.39, 0.29) is 12.0 Å². The third-order valence-corrected chi connectivity index (χ3v) is 5.70. The van der Waals surface area contributed by atoms with Crippen molar-refractivity contribution in [1.82, 2.24) is 4.90 Å². The second kappa shape index (κ2) is 9.55. The van der Waals surface area contributed by atoms with Gasteiger partial charge in [0.05, 0.1) is 24.9 Å². The molecule has 4 nitrogen and oxygen atoms in total. The topological polar surface area (TPSA) is 41.9 Å². The second-order valence-electron chi connectivity index (χ2n) is 7.94. The van der Waals surface area contributed by atoms with Crippen LogP contribution in [-0.4, -0.2) is 48.0 Å². The van der Waals surface area contributed by atoms with Crippen LogP contribution < -0.4 is 4.74 Å². The van der Waals surface area contributed by atoms with Gasteiger partial charge in [0.2, 0.25) is 0 Å². The molecule has 0 saturated carbocycles. The summed E-state index contributed by atoms with van der Waals surface area (Å²) in [6.45, 7) is 9.87. The van der Waals surface area contributed by atoms with E-state index in [4.69, 9.17) is 9.47 Å². The van der Waals surface area contributed by atoms with Gasteiger partial charge in [-0.3, -0.25) is 4.90 Å². The first kappa shape index (κ1) is 20.8. The van der Waals surface area contributed by atoms with E-state index in [2.05, 4.69) is 43.0 Å². The first-order valence-electron chi connectivity index (χ1n) is 10.3. The molecule has 4 heteroatoms. The number of para-hydroxylation sites is 1. The minimum Gasteiger partial charge on any atom is -0.494 e. The molecule has 2 unspecified atom stereocenters. The summed E-state index contributed by atoms with van der Waals surface area (Å²) in [6, 6.07) is 18.5. The predicted molar refractivity (Wildman–Crippen MR) is 113 cm³/mol. The Hall–Kier alpha value is -1.88. The van der Waals surface area contributed by atoms with E-state index in [1.807, 2.05) is 37.3 Å². The highest BCUT2D eigenvalue weighted by molar-refractivity contribution is 5.35. The zero-order valence-corrected chi connectivity index (χ0v) is 17.3. The second-order valence-corrected chi connectivity index (χ2v) is 7.94. The van der Waals surface area contributed by atoms with Crippen molar-refractivity contribution in [1.29, 1.82) is 0 Å². The zero-order chi connectivity index (χ0) is 20.0. The van der Waals surface area contributed by atoms with Crippen LogP contribution in [0.25, 0.3) is 0 Å². The molecule has 3 rings (SSSR count). The van der Waals surface area contributed by atoms with Crippen molar-refractivity contribution in [3.8, 4) is 5.75 Å². The Morgan fingerprint density at radius 2 is 1.86 bits per heavy atom. The van der Waals surface area contributed by atoms with Crippen LogP contribution in [0.1, 0.15) is 31.9 Å². The maximum absolute atomic E-state index is 11.7. The number of aliphatic hydroxyl groups is 1. The van der Waals surface area contributed by atoms with Gasteiger partial charge in [0.1, 0.15) is 5.75 Å². The van der Waals surface area contributed by atoms with Gasteiger partial charge in [-0.15, -0.1) is 0 Å². The van der Waals surface area contributed by atoms with Gasteiger partial charge in [-0.1, -0.05) is 62.4 Å². The summed E-state index contributed by atoms with van der Waals surface area (Å²) < 4.78 is 11.9. The average Bonchev–Trinajstić information content (AvgIpc) is 2.70. The van der Waals surface area contributed by atoms with Gasteiger partial charge in [-0.25, -0.2) is 0 Å². The molecule has 0 spiro atoms. The van der Waals surface area contributed by atoms with Crippen LogP contribution in [0.2, 0.25) is 0 Å². The van der Waals surface area contributed by atoms with Crippen LogP contribution in [0, 0.1) is 5.92 Å². The van der Waals surface area contributed by atoms with Crippen LogP contribution in [0.15, 0.2) is 54.6 Å². The van der Waals surface area contributed by atoms with E-state index in [1.54, 1.807) is 0 Å². The minimum atomic E-state index is -0.956. The van der Waals surface area contributed by atoms with Crippen molar-refractivity contribution < 1.29 is 14.6 Å². The average molecular weight is 384 g/mol. The van der Waals surface area contributed by atoms with Gasteiger partial charge in [-0.05, 0) is 30.0 Å². The molecule has 2 aromatic carbocycles. The number of hydrogen-bond acceptors (Lipinski definition) is 4. The maximum atomic E-state index is 11.7. The molecule has 0 aliphatic carbocycles. The molecule has 0 amide bonds. The fraction of sp³-hybridized carbons (Fsp3) is 0.500. The first-order valence-corrected chi connectivity index (χ1v) is 10.3. The summed E-state index contributed by atoms with van der Waals surface area (Å²) in [7, 11) is 0. The Balaban J connectivity index is 1.77. The monoisotopic (exact) mass is 383 g/mol. The zero-order valence-electron chi connectivity index (χ0n) is 17.3. The quantitative estimate of drug-likeness (QED) is 0.750. The van der Waals surface area contributed by atoms with Crippen molar-refractivity contribution in [2.75, 3.05) is 26.3 Å². The van der Waals surface area contributed by atoms with Crippen LogP contribution in [0.5, 0.6) is 5.75 Å². The molecule has 1 aliphatic rings. The molecule has 0 aromatic heterocycles. The third kappa shape index (κ3) is 4.93. The number of benzene rings is 2.